The van der Waals surface area contributed by atoms with Crippen LogP contribution in [0.4, 0.5) is 5.69 Å². The number of anilines is 1. The number of nitrogens with zero attached hydrogens (tertiary/aromatic N) is 2. The smallest absolute Gasteiger partial charge is 0.239 e. The van der Waals surface area contributed by atoms with Gasteiger partial charge in [-0.3, -0.25) is 4.79 Å². The highest BCUT2D eigenvalue weighted by Gasteiger charge is 2.34. The summed E-state index contributed by atoms with van der Waals surface area (Å²) >= 11 is 0. The van der Waals surface area contributed by atoms with E-state index in [1.54, 1.807) is 19.6 Å². The first-order valence-corrected chi connectivity index (χ1v) is 12.7. The third-order valence-corrected chi connectivity index (χ3v) is 7.64. The molecule has 4 aromatic rings. The van der Waals surface area contributed by atoms with Gasteiger partial charge in [0.05, 0.1) is 25.7 Å². The van der Waals surface area contributed by atoms with Crippen molar-refractivity contribution >= 4 is 34.8 Å². The second-order valence-corrected chi connectivity index (χ2v) is 9.71. The molecule has 0 spiro atoms. The molecule has 6 rings (SSSR count). The average molecular weight is 518 g/mol. The molecule has 2 fully saturated rings. The lowest BCUT2D eigenvalue weighted by atomic mass is 9.93. The lowest BCUT2D eigenvalue weighted by molar-refractivity contribution is -0.133. The first-order valence-electron chi connectivity index (χ1n) is 12.7. The summed E-state index contributed by atoms with van der Waals surface area (Å²) in [6, 6.07) is 23.1. The zero-order chi connectivity index (χ0) is 24.5. The average Bonchev–Trinajstić information content (AvgIpc) is 3.65. The Labute approximate surface area is 223 Å². The molecule has 3 aromatic carbocycles. The Morgan fingerprint density at radius 3 is 2.54 bits per heavy atom. The van der Waals surface area contributed by atoms with Gasteiger partial charge < -0.3 is 24.3 Å². The van der Waals surface area contributed by atoms with E-state index in [1.165, 1.54) is 27.6 Å². The normalized spacial score (nSPS) is 19.6. The van der Waals surface area contributed by atoms with Crippen LogP contribution in [0.2, 0.25) is 0 Å². The van der Waals surface area contributed by atoms with Gasteiger partial charge in [0.25, 0.3) is 0 Å². The number of fused-ring (bicyclic) bond motifs is 1. The van der Waals surface area contributed by atoms with Crippen LogP contribution in [-0.4, -0.2) is 56.7 Å². The molecule has 2 saturated heterocycles. The molecule has 1 aromatic heterocycles. The molecule has 0 radical (unpaired) electrons. The van der Waals surface area contributed by atoms with Crippen molar-refractivity contribution in [3.63, 3.8) is 0 Å². The summed E-state index contributed by atoms with van der Waals surface area (Å²) < 4.78 is 10.7. The highest BCUT2D eigenvalue weighted by atomic mass is 35.5. The van der Waals surface area contributed by atoms with Crippen molar-refractivity contribution in [2.45, 2.75) is 18.4 Å². The van der Waals surface area contributed by atoms with E-state index in [-0.39, 0.29) is 24.4 Å². The van der Waals surface area contributed by atoms with Crippen molar-refractivity contribution in [3.05, 3.63) is 84.8 Å². The predicted molar refractivity (Wildman–Crippen MR) is 150 cm³/mol. The summed E-state index contributed by atoms with van der Waals surface area (Å²) in [7, 11) is 1.69. The molecule has 2 aliphatic heterocycles. The highest BCUT2D eigenvalue weighted by Crippen LogP contribution is 2.33. The summed E-state index contributed by atoms with van der Waals surface area (Å²) in [4.78, 5) is 17.8. The standard InChI is InChI=1S/C30H31N3O3.ClH/c1-35-26-9-8-21-16-22(6-7-23(21)17-26)25-18-28(31-19-25)30(34)33-13-11-32(12-14-33)29-5-3-2-4-27(29)24-10-15-36-20-24;/h2-10,15-17,20,25,28,31H,11-14,18-19H2,1H3;1H/t25-,28-;/m1./s1. The van der Waals surface area contributed by atoms with Crippen LogP contribution in [0, 0.1) is 0 Å². The fourth-order valence-corrected chi connectivity index (χ4v) is 5.60. The number of amides is 1. The number of ether oxygens (including phenoxy) is 1. The molecule has 0 unspecified atom stereocenters. The number of benzene rings is 3. The summed E-state index contributed by atoms with van der Waals surface area (Å²) in [6.07, 6.45) is 4.33. The van der Waals surface area contributed by atoms with Crippen LogP contribution in [0.1, 0.15) is 17.9 Å². The van der Waals surface area contributed by atoms with Gasteiger partial charge in [0.2, 0.25) is 5.91 Å². The molecule has 192 valence electrons. The van der Waals surface area contributed by atoms with Crippen molar-refractivity contribution in [2.75, 3.05) is 44.7 Å². The second kappa shape index (κ2) is 10.9. The van der Waals surface area contributed by atoms with E-state index in [4.69, 9.17) is 9.15 Å². The van der Waals surface area contributed by atoms with Crippen molar-refractivity contribution in [3.8, 4) is 16.9 Å². The minimum Gasteiger partial charge on any atom is -0.497 e. The van der Waals surface area contributed by atoms with Gasteiger partial charge in [0.1, 0.15) is 5.75 Å². The van der Waals surface area contributed by atoms with Crippen LogP contribution in [0.3, 0.4) is 0 Å². The number of piperazine rings is 1. The van der Waals surface area contributed by atoms with Gasteiger partial charge in [0.15, 0.2) is 0 Å². The van der Waals surface area contributed by atoms with E-state index in [0.717, 1.165) is 50.5 Å². The lowest BCUT2D eigenvalue weighted by Gasteiger charge is -2.38. The summed E-state index contributed by atoms with van der Waals surface area (Å²) in [5.74, 6) is 1.44. The Morgan fingerprint density at radius 2 is 1.76 bits per heavy atom. The number of methoxy groups -OCH3 is 1. The van der Waals surface area contributed by atoms with Crippen LogP contribution in [0.5, 0.6) is 5.75 Å². The quantitative estimate of drug-likeness (QED) is 0.388. The predicted octanol–water partition coefficient (Wildman–Crippen LogP) is 5.32. The van der Waals surface area contributed by atoms with Crippen molar-refractivity contribution in [1.82, 2.24) is 10.2 Å². The molecule has 37 heavy (non-hydrogen) atoms. The molecule has 1 N–H and O–H groups in total. The fourth-order valence-electron chi connectivity index (χ4n) is 5.60. The summed E-state index contributed by atoms with van der Waals surface area (Å²) in [5.41, 5.74) is 4.73. The molecular formula is C30H32ClN3O3. The van der Waals surface area contributed by atoms with Crippen LogP contribution < -0.4 is 15.0 Å². The number of carbonyl (C=O) groups excluding carboxylic acids is 1. The van der Waals surface area contributed by atoms with Crippen LogP contribution in [0.25, 0.3) is 21.9 Å². The van der Waals surface area contributed by atoms with Gasteiger partial charge in [0, 0.05) is 49.5 Å². The Bertz CT molecular complexity index is 1370. The Morgan fingerprint density at radius 1 is 0.973 bits per heavy atom. The monoisotopic (exact) mass is 517 g/mol. The van der Waals surface area contributed by atoms with E-state index < -0.39 is 0 Å². The number of nitrogens with one attached hydrogen (secondary N) is 1. The third kappa shape index (κ3) is 5.04. The number of rotatable bonds is 5. The summed E-state index contributed by atoms with van der Waals surface area (Å²) in [6.45, 7) is 3.95. The number of halogens is 1. The first kappa shape index (κ1) is 25.2. The minimum atomic E-state index is -0.119. The SMILES string of the molecule is COc1ccc2cc([C@H]3CN[C@@H](C(=O)N4CCN(c5ccccc5-c5ccoc5)CC4)C3)ccc2c1.Cl. The number of para-hydroxylation sites is 1. The number of carbonyl (C=O) groups is 1. The topological polar surface area (TPSA) is 58.0 Å². The van der Waals surface area contributed by atoms with Crippen LogP contribution >= 0.6 is 12.4 Å². The van der Waals surface area contributed by atoms with Gasteiger partial charge in [-0.05, 0) is 52.9 Å². The Kier molecular flexibility index (Phi) is 7.40. The van der Waals surface area contributed by atoms with Crippen LogP contribution in [-0.2, 0) is 4.79 Å². The lowest BCUT2D eigenvalue weighted by Crippen LogP contribution is -2.53. The maximum atomic E-state index is 13.4. The summed E-state index contributed by atoms with van der Waals surface area (Å²) in [5, 5.41) is 5.88. The van der Waals surface area contributed by atoms with Crippen molar-refractivity contribution < 1.29 is 13.9 Å². The molecule has 3 heterocycles. The van der Waals surface area contributed by atoms with Gasteiger partial charge in [-0.1, -0.05) is 42.5 Å². The molecule has 0 bridgehead atoms. The zero-order valence-electron chi connectivity index (χ0n) is 20.9. The number of hydrogen-bond acceptors (Lipinski definition) is 5. The maximum Gasteiger partial charge on any atom is 0.239 e. The molecule has 1 amide bonds. The van der Waals surface area contributed by atoms with Crippen LogP contribution in [0.15, 0.2) is 83.7 Å². The molecule has 0 aliphatic carbocycles. The molecule has 7 heteroatoms. The Hall–Kier alpha value is -3.48. The van der Waals surface area contributed by atoms with Gasteiger partial charge in [-0.15, -0.1) is 12.4 Å². The molecule has 2 atom stereocenters. The number of hydrogen-bond donors (Lipinski definition) is 1. The highest BCUT2D eigenvalue weighted by molar-refractivity contribution is 5.86. The van der Waals surface area contributed by atoms with Crippen molar-refractivity contribution in [2.24, 2.45) is 0 Å². The molecule has 6 nitrogen and oxygen atoms in total. The van der Waals surface area contributed by atoms with Crippen molar-refractivity contribution in [1.29, 1.82) is 0 Å². The van der Waals surface area contributed by atoms with Gasteiger partial charge in [-0.25, -0.2) is 0 Å². The first-order chi connectivity index (χ1) is 17.7. The minimum absolute atomic E-state index is 0. The Balaban J connectivity index is 0.00000280. The number of furan rings is 1. The van der Waals surface area contributed by atoms with E-state index in [1.807, 2.05) is 17.0 Å². The second-order valence-electron chi connectivity index (χ2n) is 9.71. The fraction of sp³-hybridized carbons (Fsp3) is 0.300. The van der Waals surface area contributed by atoms with E-state index in [9.17, 15) is 4.79 Å². The van der Waals surface area contributed by atoms with E-state index in [0.29, 0.717) is 5.92 Å². The molecule has 0 saturated carbocycles. The van der Waals surface area contributed by atoms with Gasteiger partial charge >= 0.3 is 0 Å². The third-order valence-electron chi connectivity index (χ3n) is 7.64. The maximum absolute atomic E-state index is 13.4. The van der Waals surface area contributed by atoms with E-state index in [2.05, 4.69) is 64.8 Å². The zero-order valence-corrected chi connectivity index (χ0v) is 21.7. The largest absolute Gasteiger partial charge is 0.497 e. The molecule has 2 aliphatic rings. The van der Waals surface area contributed by atoms with Gasteiger partial charge in [-0.2, -0.15) is 0 Å². The van der Waals surface area contributed by atoms with E-state index >= 15 is 0 Å². The molecular weight excluding hydrogens is 486 g/mol.